The lowest BCUT2D eigenvalue weighted by Gasteiger charge is -2.18. The molecule has 0 N–H and O–H groups in total. The Bertz CT molecular complexity index is 440. The second kappa shape index (κ2) is 6.34. The zero-order chi connectivity index (χ0) is 13.8. The van der Waals surface area contributed by atoms with Crippen LogP contribution in [-0.4, -0.2) is 24.2 Å². The number of carbonyl (C=O) groups is 2. The van der Waals surface area contributed by atoms with Crippen molar-refractivity contribution in [1.29, 1.82) is 0 Å². The molecule has 0 spiro atoms. The van der Waals surface area contributed by atoms with Crippen molar-refractivity contribution >= 4 is 39.3 Å². The molecule has 1 aromatic carbocycles. The normalized spacial score (nSPS) is 11.1. The van der Waals surface area contributed by atoms with Gasteiger partial charge >= 0.3 is 5.97 Å². The van der Waals surface area contributed by atoms with E-state index in [1.807, 2.05) is 0 Å². The topological polar surface area (TPSA) is 43.4 Å². The molecule has 0 saturated heterocycles. The molecule has 0 aliphatic carbocycles. The molecular formula is C13H14BrClO3. The average molecular weight is 334 g/mol. The number of ether oxygens (including phenoxy) is 1. The minimum atomic E-state index is -0.776. The molecule has 98 valence electrons. The summed E-state index contributed by atoms with van der Waals surface area (Å²) < 4.78 is 5.85. The molecule has 0 saturated carbocycles. The van der Waals surface area contributed by atoms with Gasteiger partial charge in [-0.3, -0.25) is 9.59 Å². The Kier molecular flexibility index (Phi) is 5.35. The van der Waals surface area contributed by atoms with E-state index in [-0.39, 0.29) is 18.3 Å². The van der Waals surface area contributed by atoms with Crippen LogP contribution in [-0.2, 0) is 9.53 Å². The molecule has 0 atom stereocenters. The Morgan fingerprint density at radius 3 is 2.33 bits per heavy atom. The lowest BCUT2D eigenvalue weighted by molar-refractivity contribution is -0.151. The first-order chi connectivity index (χ1) is 8.36. The van der Waals surface area contributed by atoms with Crippen LogP contribution in [0.2, 0.25) is 0 Å². The fourth-order valence-electron chi connectivity index (χ4n) is 1.10. The molecule has 5 heteroatoms. The van der Waals surface area contributed by atoms with Gasteiger partial charge in [-0.15, -0.1) is 11.6 Å². The second-order valence-electron chi connectivity index (χ2n) is 4.52. The highest BCUT2D eigenvalue weighted by atomic mass is 79.9. The van der Waals surface area contributed by atoms with Crippen molar-refractivity contribution in [2.75, 3.05) is 12.5 Å². The number of benzene rings is 1. The van der Waals surface area contributed by atoms with Crippen LogP contribution >= 0.6 is 27.5 Å². The van der Waals surface area contributed by atoms with Gasteiger partial charge in [0.05, 0.1) is 5.41 Å². The van der Waals surface area contributed by atoms with Gasteiger partial charge in [0.2, 0.25) is 0 Å². The zero-order valence-electron chi connectivity index (χ0n) is 10.2. The number of carbonyl (C=O) groups excluding carboxylic acids is 2. The Balaban J connectivity index is 2.57. The third-order valence-corrected chi connectivity index (χ3v) is 3.58. The summed E-state index contributed by atoms with van der Waals surface area (Å²) >= 11 is 8.93. The quantitative estimate of drug-likeness (QED) is 0.471. The number of hydrogen-bond acceptors (Lipinski definition) is 3. The summed E-state index contributed by atoms with van der Waals surface area (Å²) in [5.74, 6) is -0.553. The van der Waals surface area contributed by atoms with Gasteiger partial charge in [0.15, 0.2) is 12.4 Å². The largest absolute Gasteiger partial charge is 0.457 e. The maximum Gasteiger partial charge on any atom is 0.313 e. The van der Waals surface area contributed by atoms with E-state index in [0.29, 0.717) is 5.56 Å². The van der Waals surface area contributed by atoms with Gasteiger partial charge in [0.1, 0.15) is 0 Å². The second-order valence-corrected chi connectivity index (χ2v) is 5.71. The molecule has 0 amide bonds. The molecule has 0 bridgehead atoms. The number of hydrogen-bond donors (Lipinski definition) is 0. The van der Waals surface area contributed by atoms with Crippen molar-refractivity contribution in [1.82, 2.24) is 0 Å². The highest BCUT2D eigenvalue weighted by Crippen LogP contribution is 2.19. The standard InChI is InChI=1S/C13H14BrClO3/c1-13(2,8-15)12(17)18-7-11(16)9-3-5-10(14)6-4-9/h3-6H,7-8H2,1-2H3. The van der Waals surface area contributed by atoms with E-state index in [4.69, 9.17) is 16.3 Å². The number of alkyl halides is 1. The van der Waals surface area contributed by atoms with E-state index < -0.39 is 11.4 Å². The Morgan fingerprint density at radius 2 is 1.83 bits per heavy atom. The number of ketones is 1. The molecule has 0 radical (unpaired) electrons. The molecule has 1 aromatic rings. The lowest BCUT2D eigenvalue weighted by Crippen LogP contribution is -2.30. The fourth-order valence-corrected chi connectivity index (χ4v) is 1.47. The first-order valence-corrected chi connectivity index (χ1v) is 6.71. The van der Waals surface area contributed by atoms with Gasteiger partial charge in [-0.1, -0.05) is 28.1 Å². The number of halogens is 2. The van der Waals surface area contributed by atoms with Crippen molar-refractivity contribution in [3.8, 4) is 0 Å². The van der Waals surface area contributed by atoms with E-state index in [9.17, 15) is 9.59 Å². The number of esters is 1. The predicted octanol–water partition coefficient (Wildman–Crippen LogP) is 3.44. The van der Waals surface area contributed by atoms with Crippen LogP contribution in [0.15, 0.2) is 28.7 Å². The van der Waals surface area contributed by atoms with E-state index in [2.05, 4.69) is 15.9 Å². The molecular weight excluding hydrogens is 319 g/mol. The molecule has 18 heavy (non-hydrogen) atoms. The third kappa shape index (κ3) is 4.10. The van der Waals surface area contributed by atoms with E-state index in [0.717, 1.165) is 4.47 Å². The summed E-state index contributed by atoms with van der Waals surface area (Å²) in [6.07, 6.45) is 0. The number of rotatable bonds is 5. The third-order valence-electron chi connectivity index (χ3n) is 2.39. The maximum absolute atomic E-state index is 11.8. The summed E-state index contributed by atoms with van der Waals surface area (Å²) in [7, 11) is 0. The van der Waals surface area contributed by atoms with Gasteiger partial charge in [-0.05, 0) is 26.0 Å². The van der Waals surface area contributed by atoms with Crippen molar-refractivity contribution in [3.63, 3.8) is 0 Å². The first-order valence-electron chi connectivity index (χ1n) is 5.39. The Labute approximate surface area is 120 Å². The van der Waals surface area contributed by atoms with Gasteiger partial charge in [0.25, 0.3) is 0 Å². The fraction of sp³-hybridized carbons (Fsp3) is 0.385. The summed E-state index contributed by atoms with van der Waals surface area (Å²) in [5, 5.41) is 0. The Morgan fingerprint density at radius 1 is 1.28 bits per heavy atom. The molecule has 0 aromatic heterocycles. The molecule has 1 rings (SSSR count). The summed E-state index contributed by atoms with van der Waals surface area (Å²) in [6.45, 7) is 3.08. The van der Waals surface area contributed by atoms with E-state index in [1.54, 1.807) is 38.1 Å². The smallest absolute Gasteiger partial charge is 0.313 e. The lowest BCUT2D eigenvalue weighted by atomic mass is 9.97. The van der Waals surface area contributed by atoms with E-state index >= 15 is 0 Å². The molecule has 3 nitrogen and oxygen atoms in total. The molecule has 0 aliphatic rings. The average Bonchev–Trinajstić information content (AvgIpc) is 2.36. The predicted molar refractivity (Wildman–Crippen MR) is 73.9 cm³/mol. The van der Waals surface area contributed by atoms with Gasteiger partial charge in [-0.25, -0.2) is 0 Å². The van der Waals surface area contributed by atoms with E-state index in [1.165, 1.54) is 0 Å². The summed E-state index contributed by atoms with van der Waals surface area (Å²) in [5.41, 5.74) is -0.267. The van der Waals surface area contributed by atoms with Crippen LogP contribution in [0.1, 0.15) is 24.2 Å². The minimum Gasteiger partial charge on any atom is -0.457 e. The SMILES string of the molecule is CC(C)(CCl)C(=O)OCC(=O)c1ccc(Br)cc1. The van der Waals surface area contributed by atoms with Gasteiger partial charge in [0, 0.05) is 15.9 Å². The van der Waals surface area contributed by atoms with Crippen LogP contribution in [0.5, 0.6) is 0 Å². The molecule has 0 fully saturated rings. The highest BCUT2D eigenvalue weighted by Gasteiger charge is 2.28. The van der Waals surface area contributed by atoms with Crippen LogP contribution in [0.4, 0.5) is 0 Å². The number of Topliss-reactive ketones (excluding diaryl/α,β-unsaturated/α-hetero) is 1. The van der Waals surface area contributed by atoms with Crippen molar-refractivity contribution < 1.29 is 14.3 Å². The minimum absolute atomic E-state index is 0.151. The van der Waals surface area contributed by atoms with Gasteiger partial charge in [-0.2, -0.15) is 0 Å². The Hall–Kier alpha value is -0.870. The highest BCUT2D eigenvalue weighted by molar-refractivity contribution is 9.10. The molecule has 0 aliphatic heterocycles. The van der Waals surface area contributed by atoms with Crippen molar-refractivity contribution in [2.24, 2.45) is 5.41 Å². The molecule has 0 heterocycles. The van der Waals surface area contributed by atoms with Crippen molar-refractivity contribution in [3.05, 3.63) is 34.3 Å². The zero-order valence-corrected chi connectivity index (χ0v) is 12.5. The summed E-state index contributed by atoms with van der Waals surface area (Å²) in [6, 6.07) is 6.87. The summed E-state index contributed by atoms with van der Waals surface area (Å²) in [4.78, 5) is 23.4. The first kappa shape index (κ1) is 15.2. The van der Waals surface area contributed by atoms with Crippen molar-refractivity contribution in [2.45, 2.75) is 13.8 Å². The van der Waals surface area contributed by atoms with Crippen LogP contribution in [0.25, 0.3) is 0 Å². The van der Waals surface area contributed by atoms with Crippen LogP contribution in [0.3, 0.4) is 0 Å². The van der Waals surface area contributed by atoms with Gasteiger partial charge < -0.3 is 4.74 Å². The molecule has 0 unspecified atom stereocenters. The monoisotopic (exact) mass is 332 g/mol. The van der Waals surface area contributed by atoms with Crippen LogP contribution in [0, 0.1) is 5.41 Å². The van der Waals surface area contributed by atoms with Crippen LogP contribution < -0.4 is 0 Å². The maximum atomic E-state index is 11.8.